The number of aliphatic hydroxyl groups is 2. The van der Waals surface area contributed by atoms with Crippen molar-refractivity contribution in [2.24, 2.45) is 46.3 Å². The first kappa shape index (κ1) is 24.0. The molecule has 0 bridgehead atoms. The highest BCUT2D eigenvalue weighted by molar-refractivity contribution is 5.81. The van der Waals surface area contributed by atoms with Crippen molar-refractivity contribution in [2.45, 2.75) is 97.2 Å². The Morgan fingerprint density at radius 3 is 2.50 bits per heavy atom. The van der Waals surface area contributed by atoms with Gasteiger partial charge in [0.2, 0.25) is 5.91 Å². The van der Waals surface area contributed by atoms with Gasteiger partial charge in [-0.05, 0) is 104 Å². The maximum atomic E-state index is 12.0. The zero-order chi connectivity index (χ0) is 23.3. The summed E-state index contributed by atoms with van der Waals surface area (Å²) in [5, 5.41) is 33.0. The first-order valence-electron chi connectivity index (χ1n) is 12.9. The largest absolute Gasteiger partial charge is 0.480 e. The summed E-state index contributed by atoms with van der Waals surface area (Å²) in [6.07, 6.45) is 9.12. The van der Waals surface area contributed by atoms with Gasteiger partial charge in [0.1, 0.15) is 6.54 Å². The van der Waals surface area contributed by atoms with E-state index in [1.807, 2.05) is 0 Å². The summed E-state index contributed by atoms with van der Waals surface area (Å²) in [7, 11) is 0. The van der Waals surface area contributed by atoms with E-state index in [0.29, 0.717) is 41.9 Å². The Morgan fingerprint density at radius 1 is 1.03 bits per heavy atom. The van der Waals surface area contributed by atoms with Gasteiger partial charge in [0.05, 0.1) is 12.2 Å². The molecular formula is C26H43NO5. The molecule has 4 N–H and O–H groups in total. The van der Waals surface area contributed by atoms with Crippen molar-refractivity contribution in [3.8, 4) is 0 Å². The Hall–Kier alpha value is -1.14. The Bertz CT molecular complexity index is 727. The molecule has 32 heavy (non-hydrogen) atoms. The van der Waals surface area contributed by atoms with Gasteiger partial charge >= 0.3 is 5.97 Å². The molecule has 10 atom stereocenters. The first-order valence-corrected chi connectivity index (χ1v) is 12.9. The van der Waals surface area contributed by atoms with Crippen LogP contribution in [0.15, 0.2) is 0 Å². The number of aliphatic hydroxyl groups excluding tert-OH is 2. The molecule has 0 heterocycles. The number of fused-ring (bicyclic) bond motifs is 5. The van der Waals surface area contributed by atoms with Crippen LogP contribution in [-0.2, 0) is 9.59 Å². The smallest absolute Gasteiger partial charge is 0.322 e. The fraction of sp³-hybridized carbons (Fsp3) is 0.923. The normalized spacial score (nSPS) is 46.5. The maximum absolute atomic E-state index is 12.0. The van der Waals surface area contributed by atoms with E-state index < -0.39 is 5.97 Å². The molecule has 182 valence electrons. The van der Waals surface area contributed by atoms with Gasteiger partial charge in [0.25, 0.3) is 0 Å². The third-order valence-electron chi connectivity index (χ3n) is 10.8. The lowest BCUT2D eigenvalue weighted by atomic mass is 9.43. The summed E-state index contributed by atoms with van der Waals surface area (Å²) in [4.78, 5) is 22.7. The summed E-state index contributed by atoms with van der Waals surface area (Å²) in [6.45, 7) is 6.65. The van der Waals surface area contributed by atoms with E-state index in [2.05, 4.69) is 26.1 Å². The lowest BCUT2D eigenvalue weighted by Gasteiger charge is -2.62. The molecule has 4 rings (SSSR count). The van der Waals surface area contributed by atoms with Crippen molar-refractivity contribution in [1.29, 1.82) is 0 Å². The second-order valence-corrected chi connectivity index (χ2v) is 12.1. The van der Waals surface area contributed by atoms with E-state index in [4.69, 9.17) is 5.11 Å². The summed E-state index contributed by atoms with van der Waals surface area (Å²) in [5.74, 6) is 1.84. The highest BCUT2D eigenvalue weighted by atomic mass is 16.4. The average molecular weight is 450 g/mol. The monoisotopic (exact) mass is 449 g/mol. The second-order valence-electron chi connectivity index (χ2n) is 12.1. The first-order chi connectivity index (χ1) is 15.1. The summed E-state index contributed by atoms with van der Waals surface area (Å²) >= 11 is 0. The van der Waals surface area contributed by atoms with Crippen LogP contribution in [-0.4, -0.2) is 45.9 Å². The highest BCUT2D eigenvalue weighted by Gasteiger charge is 2.63. The Morgan fingerprint density at radius 2 is 1.78 bits per heavy atom. The topological polar surface area (TPSA) is 107 Å². The van der Waals surface area contributed by atoms with Crippen molar-refractivity contribution in [2.75, 3.05) is 6.54 Å². The summed E-state index contributed by atoms with van der Waals surface area (Å²) in [6, 6.07) is 0. The third kappa shape index (κ3) is 4.00. The number of hydrogen-bond acceptors (Lipinski definition) is 4. The van der Waals surface area contributed by atoms with Gasteiger partial charge in [-0.1, -0.05) is 20.8 Å². The summed E-state index contributed by atoms with van der Waals surface area (Å²) < 4.78 is 0. The van der Waals surface area contributed by atoms with Crippen molar-refractivity contribution < 1.29 is 24.9 Å². The Balaban J connectivity index is 1.45. The molecule has 0 saturated heterocycles. The number of carboxylic acids is 1. The molecule has 0 radical (unpaired) electrons. The molecule has 0 aliphatic heterocycles. The van der Waals surface area contributed by atoms with Crippen molar-refractivity contribution in [3.63, 3.8) is 0 Å². The van der Waals surface area contributed by atoms with Crippen molar-refractivity contribution >= 4 is 11.9 Å². The van der Waals surface area contributed by atoms with Crippen LogP contribution in [0.4, 0.5) is 0 Å². The van der Waals surface area contributed by atoms with Crippen LogP contribution in [0.1, 0.15) is 85.0 Å². The van der Waals surface area contributed by atoms with Crippen LogP contribution in [0, 0.1) is 46.3 Å². The van der Waals surface area contributed by atoms with Gasteiger partial charge in [-0.15, -0.1) is 0 Å². The van der Waals surface area contributed by atoms with Gasteiger partial charge in [-0.2, -0.15) is 0 Å². The van der Waals surface area contributed by atoms with E-state index in [0.717, 1.165) is 44.9 Å². The lowest BCUT2D eigenvalue weighted by Crippen LogP contribution is -2.58. The van der Waals surface area contributed by atoms with Crippen LogP contribution >= 0.6 is 0 Å². The highest BCUT2D eigenvalue weighted by Crippen LogP contribution is 2.68. The minimum Gasteiger partial charge on any atom is -0.480 e. The van der Waals surface area contributed by atoms with Crippen LogP contribution < -0.4 is 5.32 Å². The molecule has 1 amide bonds. The van der Waals surface area contributed by atoms with Gasteiger partial charge < -0.3 is 20.6 Å². The predicted molar refractivity (Wildman–Crippen MR) is 122 cm³/mol. The minimum atomic E-state index is -1.02. The van der Waals surface area contributed by atoms with Crippen LogP contribution in [0.2, 0.25) is 0 Å². The fourth-order valence-electron chi connectivity index (χ4n) is 8.98. The van der Waals surface area contributed by atoms with Gasteiger partial charge in [0, 0.05) is 6.42 Å². The number of carbonyl (C=O) groups is 2. The van der Waals surface area contributed by atoms with Gasteiger partial charge in [-0.25, -0.2) is 0 Å². The van der Waals surface area contributed by atoms with E-state index in [9.17, 15) is 19.8 Å². The van der Waals surface area contributed by atoms with E-state index >= 15 is 0 Å². The van der Waals surface area contributed by atoms with Gasteiger partial charge in [0.15, 0.2) is 0 Å². The molecule has 4 saturated carbocycles. The zero-order valence-electron chi connectivity index (χ0n) is 20.1. The molecule has 4 fully saturated rings. The lowest BCUT2D eigenvalue weighted by molar-refractivity contribution is -0.175. The van der Waals surface area contributed by atoms with Crippen molar-refractivity contribution in [1.82, 2.24) is 5.32 Å². The number of rotatable bonds is 6. The number of carbonyl (C=O) groups excluding carboxylic acids is 1. The maximum Gasteiger partial charge on any atom is 0.322 e. The molecule has 6 heteroatoms. The van der Waals surface area contributed by atoms with E-state index in [1.54, 1.807) is 0 Å². The van der Waals surface area contributed by atoms with Gasteiger partial charge in [-0.3, -0.25) is 9.59 Å². The Labute approximate surface area is 192 Å². The Kier molecular flexibility index (Phi) is 6.68. The number of carboxylic acid groups (broad SMARTS) is 1. The molecule has 0 unspecified atom stereocenters. The fourth-order valence-corrected chi connectivity index (χ4v) is 8.98. The third-order valence-corrected chi connectivity index (χ3v) is 10.8. The number of hydrogen-bond donors (Lipinski definition) is 4. The number of amides is 1. The molecule has 0 spiro atoms. The molecule has 0 aromatic heterocycles. The quantitative estimate of drug-likeness (QED) is 0.496. The molecule has 0 aromatic carbocycles. The van der Waals surface area contributed by atoms with Crippen molar-refractivity contribution in [3.05, 3.63) is 0 Å². The molecule has 4 aliphatic carbocycles. The standard InChI is InChI=1S/C26H43NO5/c1-15(4-9-23(30)27-14-24(31)32)19-7-8-20-18-6-5-16-12-17(28)10-11-25(16,2)21(18)13-22(29)26(19,20)3/h15-22,28-29H,4-14H2,1-3H3,(H,27,30)(H,31,32)/t15-,16+,17+,18-,19+,20-,21-,22-,25+,26+/m1/s1. The van der Waals surface area contributed by atoms with Crippen LogP contribution in [0.5, 0.6) is 0 Å². The molecule has 6 nitrogen and oxygen atoms in total. The second kappa shape index (κ2) is 8.90. The van der Waals surface area contributed by atoms with E-state index in [-0.39, 0.29) is 35.5 Å². The van der Waals surface area contributed by atoms with E-state index in [1.165, 1.54) is 12.8 Å². The molecular weight excluding hydrogens is 406 g/mol. The number of nitrogens with one attached hydrogen (secondary N) is 1. The average Bonchev–Trinajstić information content (AvgIpc) is 3.10. The minimum absolute atomic E-state index is 0.102. The van der Waals surface area contributed by atoms with Crippen LogP contribution in [0.25, 0.3) is 0 Å². The molecule has 4 aliphatic rings. The number of aliphatic carboxylic acids is 1. The SMILES string of the molecule is C[C@H](CCC(=O)NCC(=O)O)[C@@H]1CC[C@@H]2[C@H]3CC[C@H]4C[C@@H](O)CC[C@]4(C)[C@@H]3C[C@@H](O)[C@]21C. The summed E-state index contributed by atoms with van der Waals surface area (Å²) in [5.41, 5.74) is 0.145. The molecule has 0 aromatic rings. The van der Waals surface area contributed by atoms with Crippen LogP contribution in [0.3, 0.4) is 0 Å². The zero-order valence-corrected chi connectivity index (χ0v) is 20.1. The predicted octanol–water partition coefficient (Wildman–Crippen LogP) is 3.59.